The van der Waals surface area contributed by atoms with Crippen molar-refractivity contribution in [2.75, 3.05) is 0 Å². The van der Waals surface area contributed by atoms with Crippen LogP contribution in [-0.2, 0) is 0 Å². The van der Waals surface area contributed by atoms with Crippen molar-refractivity contribution in [1.29, 1.82) is 0 Å². The van der Waals surface area contributed by atoms with Crippen LogP contribution in [0.15, 0.2) is 18.2 Å². The Hall–Kier alpha value is -1.71. The lowest BCUT2D eigenvalue weighted by atomic mass is 10.1. The predicted molar refractivity (Wildman–Crippen MR) is 67.4 cm³/mol. The van der Waals surface area contributed by atoms with Gasteiger partial charge < -0.3 is 14.6 Å². The summed E-state index contributed by atoms with van der Waals surface area (Å²) >= 11 is 0. The molecule has 1 aliphatic rings. The number of rotatable bonds is 4. The molecule has 0 saturated heterocycles. The molecule has 0 heterocycles. The maximum absolute atomic E-state index is 11.2. The van der Waals surface area contributed by atoms with E-state index in [9.17, 15) is 9.90 Å². The number of benzene rings is 1. The highest BCUT2D eigenvalue weighted by atomic mass is 16.5. The average Bonchev–Trinajstić information content (AvgIpc) is 3.01. The van der Waals surface area contributed by atoms with Crippen LogP contribution in [0, 0.1) is 0 Å². The molecule has 0 aromatic heterocycles. The van der Waals surface area contributed by atoms with Crippen molar-refractivity contribution in [3.8, 4) is 11.5 Å². The first kappa shape index (κ1) is 12.7. The second kappa shape index (κ2) is 4.52. The van der Waals surface area contributed by atoms with Gasteiger partial charge in [0.1, 0.15) is 22.7 Å². The van der Waals surface area contributed by atoms with Gasteiger partial charge >= 0.3 is 5.97 Å². The zero-order valence-electron chi connectivity index (χ0n) is 10.9. The van der Waals surface area contributed by atoms with Crippen LogP contribution in [0.2, 0.25) is 0 Å². The second-order valence-corrected chi connectivity index (χ2v) is 5.49. The zero-order valence-corrected chi connectivity index (χ0v) is 10.9. The summed E-state index contributed by atoms with van der Waals surface area (Å²) in [6, 6.07) is 4.93. The van der Waals surface area contributed by atoms with Crippen molar-refractivity contribution < 1.29 is 19.4 Å². The highest BCUT2D eigenvalue weighted by Gasteiger charge is 2.26. The average molecular weight is 250 g/mol. The molecule has 0 unspecified atom stereocenters. The topological polar surface area (TPSA) is 55.8 Å². The van der Waals surface area contributed by atoms with Crippen LogP contribution in [0.25, 0.3) is 0 Å². The Kier molecular flexibility index (Phi) is 3.20. The third kappa shape index (κ3) is 3.39. The van der Waals surface area contributed by atoms with E-state index in [-0.39, 0.29) is 17.3 Å². The van der Waals surface area contributed by atoms with E-state index in [1.165, 1.54) is 6.07 Å². The lowest BCUT2D eigenvalue weighted by molar-refractivity contribution is 0.0689. The van der Waals surface area contributed by atoms with Gasteiger partial charge in [-0.3, -0.25) is 0 Å². The van der Waals surface area contributed by atoms with Gasteiger partial charge in [0, 0.05) is 0 Å². The normalized spacial score (nSPS) is 15.3. The quantitative estimate of drug-likeness (QED) is 0.892. The van der Waals surface area contributed by atoms with Crippen molar-refractivity contribution in [1.82, 2.24) is 0 Å². The van der Waals surface area contributed by atoms with Crippen LogP contribution in [0.5, 0.6) is 11.5 Å². The molecule has 4 nitrogen and oxygen atoms in total. The fraction of sp³-hybridized carbons (Fsp3) is 0.500. The van der Waals surface area contributed by atoms with E-state index in [2.05, 4.69) is 0 Å². The summed E-state index contributed by atoms with van der Waals surface area (Å²) in [5.74, 6) is -0.0284. The molecular weight excluding hydrogens is 232 g/mol. The standard InChI is InChI=1S/C14H18O4/c1-14(2,3)18-10-6-7-12(17-9-4-5-9)11(8-10)13(15)16/h6-9H,4-5H2,1-3H3,(H,15,16). The van der Waals surface area contributed by atoms with Gasteiger partial charge in [-0.2, -0.15) is 0 Å². The predicted octanol–water partition coefficient (Wildman–Crippen LogP) is 3.10. The number of ether oxygens (including phenoxy) is 2. The maximum atomic E-state index is 11.2. The zero-order chi connectivity index (χ0) is 13.3. The van der Waals surface area contributed by atoms with Gasteiger partial charge in [-0.15, -0.1) is 0 Å². The fourth-order valence-corrected chi connectivity index (χ4v) is 1.56. The monoisotopic (exact) mass is 250 g/mol. The summed E-state index contributed by atoms with van der Waals surface area (Å²) < 4.78 is 11.2. The van der Waals surface area contributed by atoms with Gasteiger partial charge in [-0.25, -0.2) is 4.79 Å². The van der Waals surface area contributed by atoms with E-state index < -0.39 is 5.97 Å². The first-order valence-corrected chi connectivity index (χ1v) is 6.08. The number of hydrogen-bond acceptors (Lipinski definition) is 3. The van der Waals surface area contributed by atoms with E-state index in [0.717, 1.165) is 12.8 Å². The largest absolute Gasteiger partial charge is 0.490 e. The van der Waals surface area contributed by atoms with Crippen LogP contribution in [-0.4, -0.2) is 22.8 Å². The van der Waals surface area contributed by atoms with Gasteiger partial charge in [-0.1, -0.05) is 0 Å². The van der Waals surface area contributed by atoms with E-state index in [1.54, 1.807) is 12.1 Å². The SMILES string of the molecule is CC(C)(C)Oc1ccc(OC2CC2)c(C(=O)O)c1. The highest BCUT2D eigenvalue weighted by Crippen LogP contribution is 2.32. The van der Waals surface area contributed by atoms with Crippen LogP contribution < -0.4 is 9.47 Å². The van der Waals surface area contributed by atoms with E-state index >= 15 is 0 Å². The molecule has 0 atom stereocenters. The summed E-state index contributed by atoms with van der Waals surface area (Å²) in [4.78, 5) is 11.2. The Morgan fingerprint density at radius 2 is 2.00 bits per heavy atom. The molecule has 1 N–H and O–H groups in total. The molecule has 2 rings (SSSR count). The molecule has 1 fully saturated rings. The fourth-order valence-electron chi connectivity index (χ4n) is 1.56. The van der Waals surface area contributed by atoms with E-state index in [1.807, 2.05) is 20.8 Å². The molecule has 1 saturated carbocycles. The van der Waals surface area contributed by atoms with Crippen molar-refractivity contribution >= 4 is 5.97 Å². The minimum Gasteiger partial charge on any atom is -0.490 e. The third-order valence-corrected chi connectivity index (χ3v) is 2.42. The summed E-state index contributed by atoms with van der Waals surface area (Å²) in [6.45, 7) is 5.76. The van der Waals surface area contributed by atoms with Crippen LogP contribution >= 0.6 is 0 Å². The minimum absolute atomic E-state index is 0.156. The Balaban J connectivity index is 2.24. The summed E-state index contributed by atoms with van der Waals surface area (Å²) in [6.07, 6.45) is 2.18. The highest BCUT2D eigenvalue weighted by molar-refractivity contribution is 5.91. The van der Waals surface area contributed by atoms with E-state index in [4.69, 9.17) is 9.47 Å². The van der Waals surface area contributed by atoms with Crippen molar-refractivity contribution in [2.45, 2.75) is 45.3 Å². The summed E-state index contributed by atoms with van der Waals surface area (Å²) in [7, 11) is 0. The molecule has 1 aromatic rings. The Labute approximate surface area is 107 Å². The lowest BCUT2D eigenvalue weighted by Crippen LogP contribution is -2.23. The first-order chi connectivity index (χ1) is 8.35. The van der Waals surface area contributed by atoms with Crippen LogP contribution in [0.3, 0.4) is 0 Å². The maximum Gasteiger partial charge on any atom is 0.339 e. The van der Waals surface area contributed by atoms with Gasteiger partial charge in [0.05, 0.1) is 6.10 Å². The number of carboxylic acid groups (broad SMARTS) is 1. The molecule has 1 aromatic carbocycles. The first-order valence-electron chi connectivity index (χ1n) is 6.08. The summed E-state index contributed by atoms with van der Waals surface area (Å²) in [5.41, 5.74) is -0.196. The number of carbonyl (C=O) groups is 1. The molecule has 0 aliphatic heterocycles. The summed E-state index contributed by atoms with van der Waals surface area (Å²) in [5, 5.41) is 9.19. The molecule has 1 aliphatic carbocycles. The minimum atomic E-state index is -0.995. The molecule has 0 bridgehead atoms. The lowest BCUT2D eigenvalue weighted by Gasteiger charge is -2.22. The Bertz CT molecular complexity index is 455. The van der Waals surface area contributed by atoms with Crippen molar-refractivity contribution in [3.63, 3.8) is 0 Å². The van der Waals surface area contributed by atoms with Crippen LogP contribution in [0.4, 0.5) is 0 Å². The molecule has 0 spiro atoms. The van der Waals surface area contributed by atoms with Gasteiger partial charge in [0.15, 0.2) is 0 Å². The van der Waals surface area contributed by atoms with Crippen LogP contribution in [0.1, 0.15) is 44.0 Å². The van der Waals surface area contributed by atoms with Crippen molar-refractivity contribution in [2.24, 2.45) is 0 Å². The molecule has 0 amide bonds. The Morgan fingerprint density at radius 1 is 1.33 bits per heavy atom. The number of aromatic carboxylic acids is 1. The molecule has 4 heteroatoms. The van der Waals surface area contributed by atoms with Gasteiger partial charge in [0.2, 0.25) is 0 Å². The van der Waals surface area contributed by atoms with Crippen molar-refractivity contribution in [3.05, 3.63) is 23.8 Å². The third-order valence-electron chi connectivity index (χ3n) is 2.42. The number of carboxylic acids is 1. The smallest absolute Gasteiger partial charge is 0.339 e. The molecule has 18 heavy (non-hydrogen) atoms. The number of hydrogen-bond donors (Lipinski definition) is 1. The molecule has 98 valence electrons. The Morgan fingerprint density at radius 3 is 2.50 bits per heavy atom. The van der Waals surface area contributed by atoms with Gasteiger partial charge in [0.25, 0.3) is 0 Å². The second-order valence-electron chi connectivity index (χ2n) is 5.49. The molecule has 0 radical (unpaired) electrons. The van der Waals surface area contributed by atoms with E-state index in [0.29, 0.717) is 11.5 Å². The molecular formula is C14H18O4. The van der Waals surface area contributed by atoms with Gasteiger partial charge in [-0.05, 0) is 51.8 Å².